The molecule has 0 spiro atoms. The molecule has 2 aromatic carbocycles. The van der Waals surface area contributed by atoms with Gasteiger partial charge in [0.05, 0.1) is 6.54 Å². The molecule has 4 rings (SSSR count). The molecule has 5 heteroatoms. The van der Waals surface area contributed by atoms with Gasteiger partial charge in [-0.25, -0.2) is 0 Å². The second-order valence-electron chi connectivity index (χ2n) is 5.59. The van der Waals surface area contributed by atoms with Crippen LogP contribution in [0.15, 0.2) is 64.0 Å². The van der Waals surface area contributed by atoms with E-state index < -0.39 is 0 Å². The van der Waals surface area contributed by atoms with Crippen molar-refractivity contribution in [2.24, 2.45) is 4.99 Å². The van der Waals surface area contributed by atoms with Gasteiger partial charge in [-0.1, -0.05) is 30.3 Å². The first-order chi connectivity index (χ1) is 11.3. The third-order valence-corrected chi connectivity index (χ3v) is 3.76. The monoisotopic (exact) mass is 304 g/mol. The van der Waals surface area contributed by atoms with E-state index in [0.717, 1.165) is 29.1 Å². The summed E-state index contributed by atoms with van der Waals surface area (Å²) < 4.78 is 5.77. The Morgan fingerprint density at radius 1 is 0.870 bits per heavy atom. The molecule has 5 nitrogen and oxygen atoms in total. The summed E-state index contributed by atoms with van der Waals surface area (Å²) in [4.78, 5) is 4.49. The molecule has 3 aromatic rings. The Bertz CT molecular complexity index is 837. The minimum absolute atomic E-state index is 0.397. The normalized spacial score (nSPS) is 16.9. The molecule has 1 aliphatic rings. The van der Waals surface area contributed by atoms with Crippen molar-refractivity contribution in [3.63, 3.8) is 0 Å². The van der Waals surface area contributed by atoms with E-state index in [0.29, 0.717) is 17.8 Å². The summed E-state index contributed by atoms with van der Waals surface area (Å²) in [7, 11) is 0. The van der Waals surface area contributed by atoms with Crippen LogP contribution in [0.5, 0.6) is 0 Å². The van der Waals surface area contributed by atoms with Crippen LogP contribution in [0.3, 0.4) is 0 Å². The average Bonchev–Trinajstić information content (AvgIpc) is 3.25. The lowest BCUT2D eigenvalue weighted by atomic mass is 10.1. The van der Waals surface area contributed by atoms with E-state index in [1.54, 1.807) is 0 Å². The van der Waals surface area contributed by atoms with Gasteiger partial charge in [-0.15, -0.1) is 10.2 Å². The summed E-state index contributed by atoms with van der Waals surface area (Å²) in [6.45, 7) is 2.94. The molecule has 23 heavy (non-hydrogen) atoms. The maximum Gasteiger partial charge on any atom is 0.248 e. The molecule has 0 amide bonds. The van der Waals surface area contributed by atoms with Crippen molar-refractivity contribution in [3.8, 4) is 22.9 Å². The lowest BCUT2D eigenvalue weighted by Gasteiger charge is -2.06. The molecule has 1 unspecified atom stereocenters. The van der Waals surface area contributed by atoms with Crippen LogP contribution in [0.25, 0.3) is 22.9 Å². The van der Waals surface area contributed by atoms with Crippen LogP contribution in [-0.4, -0.2) is 28.6 Å². The van der Waals surface area contributed by atoms with Gasteiger partial charge in [0.2, 0.25) is 11.8 Å². The van der Waals surface area contributed by atoms with E-state index in [2.05, 4.69) is 27.4 Å². The second kappa shape index (κ2) is 5.68. The first-order valence-corrected chi connectivity index (χ1v) is 7.60. The number of nitrogens with zero attached hydrogens (tertiary/aromatic N) is 3. The van der Waals surface area contributed by atoms with Crippen molar-refractivity contribution < 1.29 is 4.42 Å². The second-order valence-corrected chi connectivity index (χ2v) is 5.59. The number of rotatable bonds is 3. The number of amidine groups is 1. The number of hydrogen-bond donors (Lipinski definition) is 1. The molecular formula is C18H16N4O. The Hall–Kier alpha value is -2.95. The van der Waals surface area contributed by atoms with Gasteiger partial charge in [0.15, 0.2) is 0 Å². The topological polar surface area (TPSA) is 63.3 Å². The Morgan fingerprint density at radius 3 is 2.09 bits per heavy atom. The summed E-state index contributed by atoms with van der Waals surface area (Å²) >= 11 is 0. The van der Waals surface area contributed by atoms with Crippen LogP contribution in [0.4, 0.5) is 0 Å². The third kappa shape index (κ3) is 2.73. The van der Waals surface area contributed by atoms with E-state index in [4.69, 9.17) is 4.42 Å². The van der Waals surface area contributed by atoms with Gasteiger partial charge in [0, 0.05) is 22.7 Å². The molecule has 1 atom stereocenters. The fraction of sp³-hybridized carbons (Fsp3) is 0.167. The molecule has 1 N–H and O–H groups in total. The molecule has 1 aliphatic heterocycles. The van der Waals surface area contributed by atoms with Crippen molar-refractivity contribution in [2.45, 2.75) is 13.0 Å². The quantitative estimate of drug-likeness (QED) is 0.807. The number of benzene rings is 2. The van der Waals surface area contributed by atoms with E-state index in [9.17, 15) is 0 Å². The standard InChI is InChI=1S/C18H16N4O/c1-12-11-19-16(20-12)13-7-9-15(10-8-13)18-22-21-17(23-18)14-5-3-2-4-6-14/h2-10,12H,11H2,1H3,(H,19,20). The smallest absolute Gasteiger partial charge is 0.248 e. The van der Waals surface area contributed by atoms with Crippen molar-refractivity contribution in [1.29, 1.82) is 0 Å². The lowest BCUT2D eigenvalue weighted by molar-refractivity contribution is 0.584. The van der Waals surface area contributed by atoms with E-state index >= 15 is 0 Å². The maximum absolute atomic E-state index is 5.77. The van der Waals surface area contributed by atoms with Crippen molar-refractivity contribution in [3.05, 3.63) is 60.2 Å². The van der Waals surface area contributed by atoms with Gasteiger partial charge < -0.3 is 9.73 Å². The molecule has 2 heterocycles. The van der Waals surface area contributed by atoms with Gasteiger partial charge in [0.25, 0.3) is 0 Å². The highest BCUT2D eigenvalue weighted by molar-refractivity contribution is 6.00. The largest absolute Gasteiger partial charge is 0.416 e. The molecule has 1 aromatic heterocycles. The highest BCUT2D eigenvalue weighted by Gasteiger charge is 2.15. The predicted molar refractivity (Wildman–Crippen MR) is 89.2 cm³/mol. The summed E-state index contributed by atoms with van der Waals surface area (Å²) in [6, 6.07) is 18.1. The average molecular weight is 304 g/mol. The summed E-state index contributed by atoms with van der Waals surface area (Å²) in [5, 5.41) is 11.6. The summed E-state index contributed by atoms with van der Waals surface area (Å²) in [5.74, 6) is 1.99. The highest BCUT2D eigenvalue weighted by Crippen LogP contribution is 2.24. The number of hydrogen-bond acceptors (Lipinski definition) is 5. The minimum Gasteiger partial charge on any atom is -0.416 e. The van der Waals surface area contributed by atoms with Gasteiger partial charge in [-0.05, 0) is 31.2 Å². The van der Waals surface area contributed by atoms with Crippen molar-refractivity contribution in [1.82, 2.24) is 15.5 Å². The maximum atomic E-state index is 5.77. The van der Waals surface area contributed by atoms with Gasteiger partial charge in [-0.2, -0.15) is 0 Å². The Labute approximate surface area is 134 Å². The molecule has 0 fully saturated rings. The van der Waals surface area contributed by atoms with Crippen molar-refractivity contribution >= 4 is 5.84 Å². The Morgan fingerprint density at radius 2 is 1.48 bits per heavy atom. The number of aromatic nitrogens is 2. The Balaban J connectivity index is 1.58. The van der Waals surface area contributed by atoms with E-state index in [-0.39, 0.29) is 0 Å². The fourth-order valence-electron chi connectivity index (χ4n) is 2.54. The molecular weight excluding hydrogens is 288 g/mol. The Kier molecular flexibility index (Phi) is 3.38. The zero-order valence-electron chi connectivity index (χ0n) is 12.7. The zero-order valence-corrected chi connectivity index (χ0v) is 12.7. The minimum atomic E-state index is 0.397. The fourth-order valence-corrected chi connectivity index (χ4v) is 2.54. The molecule has 0 saturated heterocycles. The zero-order chi connectivity index (χ0) is 15.6. The lowest BCUT2D eigenvalue weighted by Crippen LogP contribution is -2.27. The van der Waals surface area contributed by atoms with Crippen LogP contribution in [0.1, 0.15) is 12.5 Å². The molecule has 0 saturated carbocycles. The summed E-state index contributed by atoms with van der Waals surface area (Å²) in [6.07, 6.45) is 0. The SMILES string of the molecule is CC1CN=C(c2ccc(-c3nnc(-c4ccccc4)o3)cc2)N1. The third-order valence-electron chi connectivity index (χ3n) is 3.76. The first kappa shape index (κ1) is 13.7. The van der Waals surface area contributed by atoms with Crippen LogP contribution >= 0.6 is 0 Å². The first-order valence-electron chi connectivity index (χ1n) is 7.60. The highest BCUT2D eigenvalue weighted by atomic mass is 16.4. The molecule has 0 aliphatic carbocycles. The molecule has 0 bridgehead atoms. The number of nitrogens with one attached hydrogen (secondary N) is 1. The molecule has 0 radical (unpaired) electrons. The van der Waals surface area contributed by atoms with Gasteiger partial charge in [0.1, 0.15) is 5.84 Å². The number of aliphatic imine (C=N–C) groups is 1. The van der Waals surface area contributed by atoms with E-state index in [1.807, 2.05) is 54.6 Å². The van der Waals surface area contributed by atoms with Crippen molar-refractivity contribution in [2.75, 3.05) is 6.54 Å². The summed E-state index contributed by atoms with van der Waals surface area (Å²) in [5.41, 5.74) is 2.89. The van der Waals surface area contributed by atoms with Crippen LogP contribution in [-0.2, 0) is 0 Å². The van der Waals surface area contributed by atoms with Gasteiger partial charge >= 0.3 is 0 Å². The van der Waals surface area contributed by atoms with Crippen LogP contribution in [0, 0.1) is 0 Å². The predicted octanol–water partition coefficient (Wildman–Crippen LogP) is 3.14. The van der Waals surface area contributed by atoms with E-state index in [1.165, 1.54) is 0 Å². The van der Waals surface area contributed by atoms with Gasteiger partial charge in [-0.3, -0.25) is 4.99 Å². The van der Waals surface area contributed by atoms with Crippen LogP contribution < -0.4 is 5.32 Å². The molecule has 114 valence electrons. The van der Waals surface area contributed by atoms with Crippen LogP contribution in [0.2, 0.25) is 0 Å².